The largest absolute Gasteiger partial charge is 0.331 e. The Labute approximate surface area is 150 Å². The van der Waals surface area contributed by atoms with Gasteiger partial charge < -0.3 is 10.6 Å². The zero-order chi connectivity index (χ0) is 17.8. The zero-order valence-corrected chi connectivity index (χ0v) is 14.5. The average Bonchev–Trinajstić information content (AvgIpc) is 3.01. The minimum atomic E-state index is -0.321. The Morgan fingerprint density at radius 2 is 2.00 bits per heavy atom. The predicted molar refractivity (Wildman–Crippen MR) is 95.9 cm³/mol. The number of hydrogen-bond donors (Lipinski definition) is 2. The van der Waals surface area contributed by atoms with Crippen LogP contribution >= 0.6 is 11.6 Å². The van der Waals surface area contributed by atoms with Crippen molar-refractivity contribution in [1.82, 2.24) is 25.5 Å². The summed E-state index contributed by atoms with van der Waals surface area (Å²) in [6.45, 7) is 3.68. The number of carbonyl (C=O) groups is 1. The van der Waals surface area contributed by atoms with Crippen molar-refractivity contribution in [3.8, 4) is 5.69 Å². The predicted octanol–water partition coefficient (Wildman–Crippen LogP) is 3.51. The number of anilines is 1. The number of aromatic nitrogens is 4. The number of aryl methyl sites for hydroxylation is 1. The standard InChI is InChI=1S/C17H17ClN6O/c1-11(15-8-3-4-9-16(15)18)19-17(25)20-13-6-5-7-14(10-13)24-12(2)21-22-23-24/h3-11H,1-2H3,(H2,19,20,25)/t11-/m1/s1. The van der Waals surface area contributed by atoms with Gasteiger partial charge in [0.25, 0.3) is 0 Å². The van der Waals surface area contributed by atoms with Crippen LogP contribution in [0.25, 0.3) is 5.69 Å². The average molecular weight is 357 g/mol. The molecule has 8 heteroatoms. The first-order valence-corrected chi connectivity index (χ1v) is 8.10. The number of benzene rings is 2. The van der Waals surface area contributed by atoms with Crippen LogP contribution in [0.4, 0.5) is 10.5 Å². The van der Waals surface area contributed by atoms with Gasteiger partial charge in [0.2, 0.25) is 0 Å². The van der Waals surface area contributed by atoms with Crippen LogP contribution in [0.15, 0.2) is 48.5 Å². The van der Waals surface area contributed by atoms with Gasteiger partial charge in [-0.05, 0) is 54.1 Å². The fraction of sp³-hybridized carbons (Fsp3) is 0.176. The van der Waals surface area contributed by atoms with Crippen LogP contribution in [-0.4, -0.2) is 26.2 Å². The number of nitrogens with zero attached hydrogens (tertiary/aromatic N) is 4. The summed E-state index contributed by atoms with van der Waals surface area (Å²) in [5.74, 6) is 0.661. The number of urea groups is 1. The molecule has 0 fully saturated rings. The van der Waals surface area contributed by atoms with Crippen LogP contribution in [0.2, 0.25) is 5.02 Å². The maximum Gasteiger partial charge on any atom is 0.319 e. The summed E-state index contributed by atoms with van der Waals surface area (Å²) in [5.41, 5.74) is 2.26. The molecule has 0 bridgehead atoms. The van der Waals surface area contributed by atoms with Crippen molar-refractivity contribution in [3.63, 3.8) is 0 Å². The Morgan fingerprint density at radius 3 is 2.72 bits per heavy atom. The van der Waals surface area contributed by atoms with E-state index in [1.165, 1.54) is 0 Å². The van der Waals surface area contributed by atoms with Crippen molar-refractivity contribution in [2.75, 3.05) is 5.32 Å². The van der Waals surface area contributed by atoms with Gasteiger partial charge in [0.05, 0.1) is 11.7 Å². The smallest absolute Gasteiger partial charge is 0.319 e. The first-order chi connectivity index (χ1) is 12.0. The summed E-state index contributed by atoms with van der Waals surface area (Å²) >= 11 is 6.16. The molecule has 0 radical (unpaired) electrons. The molecular weight excluding hydrogens is 340 g/mol. The lowest BCUT2D eigenvalue weighted by Gasteiger charge is -2.16. The number of amides is 2. The van der Waals surface area contributed by atoms with Gasteiger partial charge in [-0.3, -0.25) is 0 Å². The van der Waals surface area contributed by atoms with E-state index in [0.717, 1.165) is 11.3 Å². The molecule has 0 aliphatic rings. The molecule has 0 saturated heterocycles. The third-order valence-electron chi connectivity index (χ3n) is 3.69. The second-order valence-corrected chi connectivity index (χ2v) is 5.94. The topological polar surface area (TPSA) is 84.7 Å². The molecule has 0 aliphatic heterocycles. The van der Waals surface area contributed by atoms with E-state index < -0.39 is 0 Å². The summed E-state index contributed by atoms with van der Waals surface area (Å²) < 4.78 is 1.59. The first-order valence-electron chi connectivity index (χ1n) is 7.72. The molecule has 2 N–H and O–H groups in total. The highest BCUT2D eigenvalue weighted by Crippen LogP contribution is 2.22. The third kappa shape index (κ3) is 3.95. The number of tetrazole rings is 1. The lowest BCUT2D eigenvalue weighted by molar-refractivity contribution is 0.249. The first kappa shape index (κ1) is 16.9. The van der Waals surface area contributed by atoms with Crippen LogP contribution in [-0.2, 0) is 0 Å². The molecule has 0 spiro atoms. The van der Waals surface area contributed by atoms with Gasteiger partial charge in [-0.2, -0.15) is 4.68 Å². The van der Waals surface area contributed by atoms with E-state index in [1.54, 1.807) is 29.8 Å². The van der Waals surface area contributed by atoms with E-state index in [2.05, 4.69) is 26.2 Å². The lowest BCUT2D eigenvalue weighted by atomic mass is 10.1. The molecule has 2 aromatic carbocycles. The zero-order valence-electron chi connectivity index (χ0n) is 13.8. The number of hydrogen-bond acceptors (Lipinski definition) is 4. The molecule has 128 valence electrons. The number of rotatable bonds is 4. The Hall–Kier alpha value is -2.93. The van der Waals surface area contributed by atoms with Gasteiger partial charge in [-0.25, -0.2) is 4.79 Å². The molecule has 7 nitrogen and oxygen atoms in total. The van der Waals surface area contributed by atoms with Crippen molar-refractivity contribution in [1.29, 1.82) is 0 Å². The van der Waals surface area contributed by atoms with Crippen molar-refractivity contribution >= 4 is 23.3 Å². The van der Waals surface area contributed by atoms with E-state index in [4.69, 9.17) is 11.6 Å². The minimum absolute atomic E-state index is 0.223. The highest BCUT2D eigenvalue weighted by atomic mass is 35.5. The van der Waals surface area contributed by atoms with Crippen molar-refractivity contribution in [3.05, 3.63) is 64.9 Å². The van der Waals surface area contributed by atoms with Gasteiger partial charge in [0.1, 0.15) is 0 Å². The second-order valence-electron chi connectivity index (χ2n) is 5.53. The van der Waals surface area contributed by atoms with Crippen molar-refractivity contribution < 1.29 is 4.79 Å². The maximum atomic E-state index is 12.3. The summed E-state index contributed by atoms with van der Waals surface area (Å²) in [6.07, 6.45) is 0. The molecule has 3 rings (SSSR count). The Morgan fingerprint density at radius 1 is 1.20 bits per heavy atom. The van der Waals surface area contributed by atoms with Crippen molar-refractivity contribution in [2.24, 2.45) is 0 Å². The van der Waals surface area contributed by atoms with Gasteiger partial charge in [0.15, 0.2) is 5.82 Å². The third-order valence-corrected chi connectivity index (χ3v) is 4.04. The Kier molecular flexibility index (Phi) is 4.95. The summed E-state index contributed by atoms with van der Waals surface area (Å²) in [6, 6.07) is 14.1. The Bertz CT molecular complexity index is 894. The number of carbonyl (C=O) groups excluding carboxylic acids is 1. The van der Waals surface area contributed by atoms with Crippen molar-refractivity contribution in [2.45, 2.75) is 19.9 Å². The van der Waals surface area contributed by atoms with E-state index in [-0.39, 0.29) is 12.1 Å². The highest BCUT2D eigenvalue weighted by molar-refractivity contribution is 6.31. The molecule has 0 unspecified atom stereocenters. The SMILES string of the molecule is Cc1nnnn1-c1cccc(NC(=O)N[C@H](C)c2ccccc2Cl)c1. The molecule has 2 amide bonds. The van der Waals surface area contributed by atoms with Gasteiger partial charge in [-0.1, -0.05) is 35.9 Å². The monoisotopic (exact) mass is 356 g/mol. The van der Waals surface area contributed by atoms with Crippen LogP contribution in [0.5, 0.6) is 0 Å². The molecule has 1 aromatic heterocycles. The summed E-state index contributed by atoms with van der Waals surface area (Å²) in [4.78, 5) is 12.3. The Balaban J connectivity index is 1.69. The van der Waals surface area contributed by atoms with E-state index >= 15 is 0 Å². The quantitative estimate of drug-likeness (QED) is 0.749. The summed E-state index contributed by atoms with van der Waals surface area (Å²) in [5, 5.41) is 17.7. The molecule has 0 aliphatic carbocycles. The van der Waals surface area contributed by atoms with Gasteiger partial charge in [0, 0.05) is 10.7 Å². The van der Waals surface area contributed by atoms with Crippen LogP contribution in [0.1, 0.15) is 24.4 Å². The molecule has 0 saturated carbocycles. The normalized spacial score (nSPS) is 11.8. The van der Waals surface area contributed by atoms with E-state index in [1.807, 2.05) is 37.3 Å². The fourth-order valence-electron chi connectivity index (χ4n) is 2.45. The number of halogens is 1. The maximum absolute atomic E-state index is 12.3. The molecule has 1 heterocycles. The molecule has 25 heavy (non-hydrogen) atoms. The minimum Gasteiger partial charge on any atom is -0.331 e. The van der Waals surface area contributed by atoms with Crippen LogP contribution in [0.3, 0.4) is 0 Å². The second kappa shape index (κ2) is 7.31. The fourth-order valence-corrected chi connectivity index (χ4v) is 2.75. The molecular formula is C17H17ClN6O. The van der Waals surface area contributed by atoms with Gasteiger partial charge >= 0.3 is 6.03 Å². The van der Waals surface area contributed by atoms with E-state index in [9.17, 15) is 4.79 Å². The van der Waals surface area contributed by atoms with E-state index in [0.29, 0.717) is 16.5 Å². The lowest BCUT2D eigenvalue weighted by Crippen LogP contribution is -2.31. The van der Waals surface area contributed by atoms with Crippen LogP contribution in [0, 0.1) is 6.92 Å². The van der Waals surface area contributed by atoms with Gasteiger partial charge in [-0.15, -0.1) is 5.10 Å². The summed E-state index contributed by atoms with van der Waals surface area (Å²) in [7, 11) is 0. The molecule has 3 aromatic rings. The number of nitrogens with one attached hydrogen (secondary N) is 2. The van der Waals surface area contributed by atoms with Crippen LogP contribution < -0.4 is 10.6 Å². The highest BCUT2D eigenvalue weighted by Gasteiger charge is 2.12. The molecule has 1 atom stereocenters.